The van der Waals surface area contributed by atoms with Gasteiger partial charge in [0.25, 0.3) is 5.56 Å². The number of aromatic nitrogens is 2. The fourth-order valence-electron chi connectivity index (χ4n) is 4.34. The highest BCUT2D eigenvalue weighted by molar-refractivity contribution is 7.99. The molecule has 12 nitrogen and oxygen atoms in total. The van der Waals surface area contributed by atoms with E-state index in [1.165, 1.54) is 63.1 Å². The number of hydrogen-bond acceptors (Lipinski definition) is 9. The van der Waals surface area contributed by atoms with Crippen molar-refractivity contribution in [3.63, 3.8) is 0 Å². The monoisotopic (exact) mass is 558 g/mol. The predicted molar refractivity (Wildman–Crippen MR) is 144 cm³/mol. The van der Waals surface area contributed by atoms with Crippen molar-refractivity contribution in [2.75, 3.05) is 11.5 Å². The van der Waals surface area contributed by atoms with Gasteiger partial charge < -0.3 is 31.1 Å². The van der Waals surface area contributed by atoms with E-state index in [0.29, 0.717) is 5.75 Å². The Morgan fingerprint density at radius 2 is 1.68 bits per heavy atom. The van der Waals surface area contributed by atoms with Crippen LogP contribution >= 0.6 is 11.8 Å². The minimum atomic E-state index is -1.73. The van der Waals surface area contributed by atoms with Crippen LogP contribution in [0.15, 0.2) is 21.9 Å². The molecule has 38 heavy (non-hydrogen) atoms. The van der Waals surface area contributed by atoms with Crippen molar-refractivity contribution < 1.29 is 29.6 Å². The number of hydrogen-bond donors (Lipinski definition) is 6. The summed E-state index contributed by atoms with van der Waals surface area (Å²) < 4.78 is 6.30. The van der Waals surface area contributed by atoms with Gasteiger partial charge in [0.05, 0.1) is 6.04 Å². The van der Waals surface area contributed by atoms with Crippen LogP contribution < -0.4 is 22.3 Å². The highest BCUT2D eigenvalue weighted by atomic mass is 32.2. The summed E-state index contributed by atoms with van der Waals surface area (Å²) in [5.41, 5.74) is 4.37. The van der Waals surface area contributed by atoms with E-state index in [2.05, 4.69) is 12.2 Å². The number of nitrogens with two attached hydrogens (primary N) is 1. The molecule has 1 aliphatic rings. The fourth-order valence-corrected chi connectivity index (χ4v) is 5.32. The predicted octanol–water partition coefficient (Wildman–Crippen LogP) is 0.707. The van der Waals surface area contributed by atoms with E-state index in [1.54, 1.807) is 0 Å². The number of aromatic amines is 1. The molecule has 0 spiro atoms. The van der Waals surface area contributed by atoms with Crippen molar-refractivity contribution in [2.24, 2.45) is 5.73 Å². The Labute approximate surface area is 226 Å². The van der Waals surface area contributed by atoms with Crippen LogP contribution in [0, 0.1) is 0 Å². The lowest BCUT2D eigenvalue weighted by Gasteiger charge is -2.24. The van der Waals surface area contributed by atoms with Crippen molar-refractivity contribution in [3.8, 4) is 0 Å². The maximum Gasteiger partial charge on any atom is 0.330 e. The number of aliphatic hydroxyl groups excluding tert-OH is 2. The Morgan fingerprint density at radius 1 is 1.08 bits per heavy atom. The van der Waals surface area contributed by atoms with Crippen molar-refractivity contribution in [1.29, 1.82) is 0 Å². The molecule has 0 saturated carbocycles. The Morgan fingerprint density at radius 3 is 2.26 bits per heavy atom. The lowest BCUT2D eigenvalue weighted by Crippen LogP contribution is -2.56. The first-order valence-electron chi connectivity index (χ1n) is 13.4. The summed E-state index contributed by atoms with van der Waals surface area (Å²) in [6.07, 6.45) is 6.91. The standard InChI is InChI=1S/C25H42N4O8S/c1-2-3-4-5-6-7-8-9-10-11-14-38-15-16(26)22(33)28-18(24(34)35)21-19(31)20(32)23(37-21)29-13-12-17(30)27-25(29)36/h12-13,16,18-21,23,31-32H,2-11,14-15,26H2,1H3,(H,28,33)(H,34,35)(H,27,30,36)/t16-,18-,19-,20+,21+,23+/m0/s1. The van der Waals surface area contributed by atoms with Crippen LogP contribution in [0.25, 0.3) is 0 Å². The molecule has 1 fully saturated rings. The van der Waals surface area contributed by atoms with Gasteiger partial charge in [0, 0.05) is 18.0 Å². The maximum absolute atomic E-state index is 12.6. The van der Waals surface area contributed by atoms with Gasteiger partial charge in [-0.15, -0.1) is 0 Å². The molecule has 1 saturated heterocycles. The molecule has 6 atom stereocenters. The van der Waals surface area contributed by atoms with Crippen LogP contribution in [0.2, 0.25) is 0 Å². The maximum atomic E-state index is 12.6. The van der Waals surface area contributed by atoms with Gasteiger partial charge >= 0.3 is 11.7 Å². The van der Waals surface area contributed by atoms with Crippen LogP contribution in [0.3, 0.4) is 0 Å². The zero-order valence-corrected chi connectivity index (χ0v) is 22.7. The fraction of sp³-hybridized carbons (Fsp3) is 0.760. The molecule has 216 valence electrons. The van der Waals surface area contributed by atoms with Gasteiger partial charge in [0.2, 0.25) is 5.91 Å². The summed E-state index contributed by atoms with van der Waals surface area (Å²) >= 11 is 1.52. The summed E-state index contributed by atoms with van der Waals surface area (Å²) in [5.74, 6) is -1.11. The molecule has 1 aromatic heterocycles. The lowest BCUT2D eigenvalue weighted by atomic mass is 10.0. The molecule has 2 heterocycles. The third-order valence-electron chi connectivity index (χ3n) is 6.57. The number of amides is 1. The molecule has 0 aliphatic carbocycles. The Kier molecular flexibility index (Phi) is 14.1. The second-order valence-corrected chi connectivity index (χ2v) is 10.8. The summed E-state index contributed by atoms with van der Waals surface area (Å²) in [6, 6.07) is -1.69. The van der Waals surface area contributed by atoms with E-state index in [4.69, 9.17) is 10.5 Å². The van der Waals surface area contributed by atoms with Gasteiger partial charge in [-0.3, -0.25) is 19.1 Å². The summed E-state index contributed by atoms with van der Waals surface area (Å²) in [6.45, 7) is 2.21. The molecule has 0 bridgehead atoms. The molecular weight excluding hydrogens is 516 g/mol. The largest absolute Gasteiger partial charge is 0.480 e. The van der Waals surface area contributed by atoms with E-state index in [9.17, 15) is 34.5 Å². The van der Waals surface area contributed by atoms with E-state index in [-0.39, 0.29) is 0 Å². The van der Waals surface area contributed by atoms with Crippen molar-refractivity contribution in [1.82, 2.24) is 14.9 Å². The molecule has 1 aliphatic heterocycles. The number of carboxylic acid groups (broad SMARTS) is 1. The zero-order valence-electron chi connectivity index (χ0n) is 21.9. The molecule has 2 rings (SSSR count). The highest BCUT2D eigenvalue weighted by Gasteiger charge is 2.50. The van der Waals surface area contributed by atoms with Gasteiger partial charge in [-0.25, -0.2) is 9.59 Å². The Hall–Kier alpha value is -2.19. The van der Waals surface area contributed by atoms with E-state index >= 15 is 0 Å². The van der Waals surface area contributed by atoms with Crippen LogP contribution in [0.4, 0.5) is 0 Å². The first-order valence-corrected chi connectivity index (χ1v) is 14.5. The second kappa shape index (κ2) is 16.7. The number of unbranched alkanes of at least 4 members (excludes halogenated alkanes) is 9. The molecule has 7 N–H and O–H groups in total. The summed E-state index contributed by atoms with van der Waals surface area (Å²) in [7, 11) is 0. The van der Waals surface area contributed by atoms with Gasteiger partial charge in [0.15, 0.2) is 12.3 Å². The summed E-state index contributed by atoms with van der Waals surface area (Å²) in [5, 5.41) is 32.7. The van der Waals surface area contributed by atoms with Gasteiger partial charge in [-0.1, -0.05) is 64.7 Å². The number of aliphatic carboxylic acids is 1. The number of H-pyrrole nitrogens is 1. The van der Waals surface area contributed by atoms with Gasteiger partial charge in [0.1, 0.15) is 18.3 Å². The van der Waals surface area contributed by atoms with Crippen LogP contribution in [0.5, 0.6) is 0 Å². The zero-order chi connectivity index (χ0) is 28.1. The number of aliphatic hydroxyl groups is 2. The van der Waals surface area contributed by atoms with E-state index < -0.39 is 59.7 Å². The third kappa shape index (κ3) is 9.84. The molecule has 13 heteroatoms. The number of carbonyl (C=O) groups is 2. The van der Waals surface area contributed by atoms with Crippen molar-refractivity contribution in [3.05, 3.63) is 33.1 Å². The van der Waals surface area contributed by atoms with Crippen molar-refractivity contribution >= 4 is 23.6 Å². The number of ether oxygens (including phenoxy) is 1. The molecule has 0 aromatic carbocycles. The van der Waals surface area contributed by atoms with Gasteiger partial charge in [-0.2, -0.15) is 11.8 Å². The molecule has 0 radical (unpaired) electrons. The number of nitrogens with zero attached hydrogens (tertiary/aromatic N) is 1. The molecule has 1 aromatic rings. The minimum Gasteiger partial charge on any atom is -0.480 e. The van der Waals surface area contributed by atoms with E-state index in [1.807, 2.05) is 4.98 Å². The lowest BCUT2D eigenvalue weighted by molar-refractivity contribution is -0.149. The second-order valence-electron chi connectivity index (χ2n) is 9.68. The topological polar surface area (TPSA) is 197 Å². The molecule has 1 amide bonds. The van der Waals surface area contributed by atoms with Crippen LogP contribution in [-0.4, -0.2) is 78.6 Å². The number of nitrogens with one attached hydrogen (secondary N) is 2. The molecule has 0 unspecified atom stereocenters. The first-order chi connectivity index (χ1) is 18.2. The smallest absolute Gasteiger partial charge is 0.330 e. The quantitative estimate of drug-likeness (QED) is 0.140. The van der Waals surface area contributed by atoms with Gasteiger partial charge in [-0.05, 0) is 12.2 Å². The minimum absolute atomic E-state index is 0.293. The van der Waals surface area contributed by atoms with Crippen LogP contribution in [-0.2, 0) is 14.3 Å². The third-order valence-corrected chi connectivity index (χ3v) is 7.74. The SMILES string of the molecule is CCCCCCCCCCCCSC[C@H](N)C(=O)N[C@H](C(=O)O)[C@H]1O[C@@H](n2ccc(=O)[nH]c2=O)[C@H](O)[C@@H]1O. The normalized spacial score (nSPS) is 22.7. The average molecular weight is 559 g/mol. The number of thioether (sulfide) groups is 1. The van der Waals surface area contributed by atoms with Crippen LogP contribution in [0.1, 0.15) is 77.4 Å². The average Bonchev–Trinajstić information content (AvgIpc) is 3.16. The Bertz CT molecular complexity index is 987. The van der Waals surface area contributed by atoms with E-state index in [0.717, 1.165) is 35.4 Å². The number of carboxylic acids is 1. The summed E-state index contributed by atoms with van der Waals surface area (Å²) in [4.78, 5) is 49.8. The number of rotatable bonds is 18. The Balaban J connectivity index is 1.76. The highest BCUT2D eigenvalue weighted by Crippen LogP contribution is 2.30. The van der Waals surface area contributed by atoms with Crippen molar-refractivity contribution in [2.45, 2.75) is 108 Å². The number of carbonyl (C=O) groups excluding carboxylic acids is 1. The molecular formula is C25H42N4O8S. The first kappa shape index (κ1) is 32.0.